The summed E-state index contributed by atoms with van der Waals surface area (Å²) in [6.07, 6.45) is 0.565. The van der Waals surface area contributed by atoms with Gasteiger partial charge in [-0.25, -0.2) is 13.2 Å². The number of benzene rings is 3. The van der Waals surface area contributed by atoms with Crippen LogP contribution in [0.5, 0.6) is 0 Å². The Hall–Kier alpha value is -3.36. The summed E-state index contributed by atoms with van der Waals surface area (Å²) in [4.78, 5) is 24.8. The van der Waals surface area contributed by atoms with Crippen LogP contribution in [0.25, 0.3) is 0 Å². The second-order valence-corrected chi connectivity index (χ2v) is 9.42. The summed E-state index contributed by atoms with van der Waals surface area (Å²) in [5.41, 5.74) is 1.98. The van der Waals surface area contributed by atoms with E-state index in [-0.39, 0.29) is 21.7 Å². The molecule has 0 atom stereocenters. The number of anilines is 2. The van der Waals surface area contributed by atoms with Gasteiger partial charge in [-0.05, 0) is 60.5 Å². The molecule has 9 heteroatoms. The Morgan fingerprint density at radius 1 is 1.00 bits per heavy atom. The van der Waals surface area contributed by atoms with E-state index in [0.29, 0.717) is 23.7 Å². The van der Waals surface area contributed by atoms with Crippen LogP contribution in [0.2, 0.25) is 5.02 Å². The predicted octanol–water partition coefficient (Wildman–Crippen LogP) is 4.13. The molecule has 1 aliphatic heterocycles. The minimum absolute atomic E-state index is 0.0411. The number of esters is 1. The fourth-order valence-corrected chi connectivity index (χ4v) is 5.36. The smallest absolute Gasteiger partial charge is 0.338 e. The summed E-state index contributed by atoms with van der Waals surface area (Å²) < 4.78 is 32.6. The van der Waals surface area contributed by atoms with Crippen LogP contribution in [0.15, 0.2) is 71.6 Å². The van der Waals surface area contributed by atoms with E-state index in [1.54, 1.807) is 42.5 Å². The second kappa shape index (κ2) is 8.64. The summed E-state index contributed by atoms with van der Waals surface area (Å²) in [6, 6.07) is 17.3. The van der Waals surface area contributed by atoms with Crippen LogP contribution >= 0.6 is 11.6 Å². The lowest BCUT2D eigenvalue weighted by Crippen LogP contribution is -2.29. The first kappa shape index (κ1) is 21.9. The van der Waals surface area contributed by atoms with Crippen molar-refractivity contribution in [3.05, 3.63) is 88.4 Å². The van der Waals surface area contributed by atoms with Gasteiger partial charge < -0.3 is 10.1 Å². The zero-order chi connectivity index (χ0) is 22.9. The molecule has 3 aromatic carbocycles. The largest absolute Gasteiger partial charge is 0.465 e. The average Bonchev–Trinajstić information content (AvgIpc) is 3.22. The van der Waals surface area contributed by atoms with Gasteiger partial charge in [0.2, 0.25) is 0 Å². The molecule has 0 bridgehead atoms. The molecule has 1 N–H and O–H groups in total. The van der Waals surface area contributed by atoms with Gasteiger partial charge in [0.25, 0.3) is 15.9 Å². The molecule has 0 unspecified atom stereocenters. The van der Waals surface area contributed by atoms with Gasteiger partial charge in [0.1, 0.15) is 0 Å². The highest BCUT2D eigenvalue weighted by Crippen LogP contribution is 2.35. The maximum atomic E-state index is 13.3. The molecule has 1 heterocycles. The second-order valence-electron chi connectivity index (χ2n) is 7.12. The summed E-state index contributed by atoms with van der Waals surface area (Å²) in [5, 5.41) is 3.22. The number of sulfonamides is 1. The van der Waals surface area contributed by atoms with Crippen LogP contribution in [-0.2, 0) is 21.2 Å². The topological polar surface area (TPSA) is 92.8 Å². The van der Waals surface area contributed by atoms with Crippen molar-refractivity contribution in [1.82, 2.24) is 0 Å². The Labute approximate surface area is 190 Å². The maximum absolute atomic E-state index is 13.3. The number of carbonyl (C=O) groups excluding carboxylic acids is 2. The molecule has 164 valence electrons. The number of hydrogen-bond donors (Lipinski definition) is 1. The van der Waals surface area contributed by atoms with Gasteiger partial charge in [-0.1, -0.05) is 29.8 Å². The third-order valence-corrected chi connectivity index (χ3v) is 7.20. The van der Waals surface area contributed by atoms with Crippen LogP contribution in [0.1, 0.15) is 26.3 Å². The predicted molar refractivity (Wildman–Crippen MR) is 122 cm³/mol. The van der Waals surface area contributed by atoms with Crippen molar-refractivity contribution < 1.29 is 22.7 Å². The van der Waals surface area contributed by atoms with E-state index in [0.717, 1.165) is 5.56 Å². The normalized spacial score (nSPS) is 12.9. The molecule has 4 rings (SSSR count). The Bertz CT molecular complexity index is 1320. The van der Waals surface area contributed by atoms with Crippen molar-refractivity contribution in [2.75, 3.05) is 23.3 Å². The highest BCUT2D eigenvalue weighted by atomic mass is 35.5. The SMILES string of the molecule is COC(=O)c1ccccc1C(=O)Nc1cccc(S(=O)(=O)N2CCc3cc(Cl)ccc32)c1. The van der Waals surface area contributed by atoms with Gasteiger partial charge in [0.15, 0.2) is 0 Å². The van der Waals surface area contributed by atoms with Crippen LogP contribution in [0.3, 0.4) is 0 Å². The summed E-state index contributed by atoms with van der Waals surface area (Å²) in [7, 11) is -2.62. The molecule has 1 aliphatic rings. The number of hydrogen-bond acceptors (Lipinski definition) is 5. The molecular weight excluding hydrogens is 452 g/mol. The van der Waals surface area contributed by atoms with Crippen molar-refractivity contribution in [2.24, 2.45) is 0 Å². The van der Waals surface area contributed by atoms with Gasteiger partial charge in [0, 0.05) is 17.3 Å². The molecule has 0 spiro atoms. The zero-order valence-corrected chi connectivity index (χ0v) is 18.6. The highest BCUT2D eigenvalue weighted by Gasteiger charge is 2.31. The third-order valence-electron chi connectivity index (χ3n) is 5.15. The van der Waals surface area contributed by atoms with Gasteiger partial charge in [-0.2, -0.15) is 0 Å². The van der Waals surface area contributed by atoms with Gasteiger partial charge >= 0.3 is 5.97 Å². The minimum atomic E-state index is -3.85. The standard InChI is InChI=1S/C23H19ClN2O5S/c1-31-23(28)20-8-3-2-7-19(20)22(27)25-17-5-4-6-18(14-17)32(29,30)26-12-11-15-13-16(24)9-10-21(15)26/h2-10,13-14H,11-12H2,1H3,(H,25,27). The monoisotopic (exact) mass is 470 g/mol. The van der Waals surface area contributed by atoms with E-state index < -0.39 is 21.9 Å². The van der Waals surface area contributed by atoms with E-state index in [1.807, 2.05) is 0 Å². The summed E-state index contributed by atoms with van der Waals surface area (Å²) in [6.45, 7) is 0.307. The van der Waals surface area contributed by atoms with Crippen LogP contribution in [0, 0.1) is 0 Å². The number of fused-ring (bicyclic) bond motifs is 1. The quantitative estimate of drug-likeness (QED) is 0.566. The lowest BCUT2D eigenvalue weighted by Gasteiger charge is -2.20. The fourth-order valence-electron chi connectivity index (χ4n) is 3.62. The van der Waals surface area contributed by atoms with Crippen LogP contribution in [-0.4, -0.2) is 33.9 Å². The number of amides is 1. The molecule has 0 saturated carbocycles. The van der Waals surface area contributed by atoms with Crippen molar-refractivity contribution in [3.63, 3.8) is 0 Å². The fraction of sp³-hybridized carbons (Fsp3) is 0.130. The lowest BCUT2D eigenvalue weighted by molar-refractivity contribution is 0.0597. The molecule has 7 nitrogen and oxygen atoms in total. The molecule has 0 aliphatic carbocycles. The molecule has 0 saturated heterocycles. The number of carbonyl (C=O) groups is 2. The summed E-state index contributed by atoms with van der Waals surface area (Å²) >= 11 is 6.02. The highest BCUT2D eigenvalue weighted by molar-refractivity contribution is 7.92. The molecule has 0 fully saturated rings. The number of rotatable bonds is 5. The molecule has 32 heavy (non-hydrogen) atoms. The average molecular weight is 471 g/mol. The van der Waals surface area contributed by atoms with Crippen LogP contribution < -0.4 is 9.62 Å². The first-order valence-corrected chi connectivity index (χ1v) is 11.5. The lowest BCUT2D eigenvalue weighted by atomic mass is 10.1. The van der Waals surface area contributed by atoms with Gasteiger partial charge in [0.05, 0.1) is 28.8 Å². The van der Waals surface area contributed by atoms with E-state index in [1.165, 1.54) is 35.7 Å². The Morgan fingerprint density at radius 2 is 1.75 bits per heavy atom. The first-order valence-electron chi connectivity index (χ1n) is 9.71. The van der Waals surface area contributed by atoms with Crippen molar-refractivity contribution in [2.45, 2.75) is 11.3 Å². The number of nitrogens with one attached hydrogen (secondary N) is 1. The zero-order valence-electron chi connectivity index (χ0n) is 17.0. The molecule has 0 radical (unpaired) electrons. The third kappa shape index (κ3) is 4.06. The van der Waals surface area contributed by atoms with Gasteiger partial charge in [-0.3, -0.25) is 9.10 Å². The van der Waals surface area contributed by atoms with E-state index in [4.69, 9.17) is 16.3 Å². The van der Waals surface area contributed by atoms with E-state index >= 15 is 0 Å². The van der Waals surface area contributed by atoms with Crippen molar-refractivity contribution in [1.29, 1.82) is 0 Å². The van der Waals surface area contributed by atoms with E-state index in [9.17, 15) is 18.0 Å². The number of methoxy groups -OCH3 is 1. The number of ether oxygens (including phenoxy) is 1. The van der Waals surface area contributed by atoms with Crippen LogP contribution in [0.4, 0.5) is 11.4 Å². The molecular formula is C23H19ClN2O5S. The summed E-state index contributed by atoms with van der Waals surface area (Å²) in [5.74, 6) is -1.19. The number of halogens is 1. The molecule has 0 aromatic heterocycles. The van der Waals surface area contributed by atoms with Gasteiger partial charge in [-0.15, -0.1) is 0 Å². The Kier molecular flexibility index (Phi) is 5.90. The molecule has 1 amide bonds. The first-order chi connectivity index (χ1) is 15.3. The minimum Gasteiger partial charge on any atom is -0.465 e. The maximum Gasteiger partial charge on any atom is 0.338 e. The Morgan fingerprint density at radius 3 is 2.50 bits per heavy atom. The van der Waals surface area contributed by atoms with Crippen molar-refractivity contribution in [3.8, 4) is 0 Å². The molecule has 3 aromatic rings. The van der Waals surface area contributed by atoms with E-state index in [2.05, 4.69) is 5.32 Å². The number of nitrogens with zero attached hydrogens (tertiary/aromatic N) is 1. The Balaban J connectivity index is 1.62. The van der Waals surface area contributed by atoms with Crippen molar-refractivity contribution >= 4 is 44.9 Å².